The normalized spacial score (nSPS) is 13.8. The van der Waals surface area contributed by atoms with Crippen LogP contribution in [0.5, 0.6) is 0 Å². The van der Waals surface area contributed by atoms with Crippen LogP contribution in [-0.4, -0.2) is 18.2 Å². The predicted molar refractivity (Wildman–Crippen MR) is 70.1 cm³/mol. The molecular weight excluding hydrogens is 200 g/mol. The molecule has 1 atom stereocenters. The zero-order chi connectivity index (χ0) is 12.6. The van der Waals surface area contributed by atoms with E-state index in [1.54, 1.807) is 0 Å². The van der Waals surface area contributed by atoms with Crippen molar-refractivity contribution in [2.24, 2.45) is 5.84 Å². The third kappa shape index (κ3) is 3.89. The van der Waals surface area contributed by atoms with E-state index in [-0.39, 0.29) is 11.6 Å². The molecule has 0 aliphatic carbocycles. The third-order valence-corrected chi connectivity index (χ3v) is 3.46. The predicted octanol–water partition coefficient (Wildman–Crippen LogP) is 2.77. The van der Waals surface area contributed by atoms with E-state index in [2.05, 4.69) is 32.8 Å². The van der Waals surface area contributed by atoms with Crippen LogP contribution in [0.4, 0.5) is 0 Å². The minimum atomic E-state index is -0.165. The Bertz CT molecular complexity index is 200. The van der Waals surface area contributed by atoms with E-state index in [4.69, 9.17) is 10.6 Å². The lowest BCUT2D eigenvalue weighted by molar-refractivity contribution is -0.0720. The topological polar surface area (TPSA) is 47.3 Å². The maximum absolute atomic E-state index is 5.94. The minimum Gasteiger partial charge on any atom is -0.374 e. The molecule has 3 heteroatoms. The molecule has 0 rings (SSSR count). The van der Waals surface area contributed by atoms with E-state index >= 15 is 0 Å². The number of hydrogen-bond acceptors (Lipinski definition) is 3. The van der Waals surface area contributed by atoms with E-state index in [9.17, 15) is 0 Å². The quantitative estimate of drug-likeness (QED) is 0.362. The summed E-state index contributed by atoms with van der Waals surface area (Å²) in [4.78, 5) is 0. The molecule has 0 radical (unpaired) electrons. The molecule has 96 valence electrons. The van der Waals surface area contributed by atoms with Crippen molar-refractivity contribution in [3.8, 4) is 0 Å². The van der Waals surface area contributed by atoms with Gasteiger partial charge >= 0.3 is 0 Å². The first-order valence-corrected chi connectivity index (χ1v) is 6.36. The molecule has 0 aromatic rings. The largest absolute Gasteiger partial charge is 0.374 e. The summed E-state index contributed by atoms with van der Waals surface area (Å²) >= 11 is 0. The van der Waals surface area contributed by atoms with E-state index in [1.807, 2.05) is 6.92 Å². The van der Waals surface area contributed by atoms with Gasteiger partial charge in [0.15, 0.2) is 0 Å². The molecule has 0 amide bonds. The van der Waals surface area contributed by atoms with Gasteiger partial charge in [0, 0.05) is 6.61 Å². The van der Waals surface area contributed by atoms with Crippen LogP contribution in [0.3, 0.4) is 0 Å². The van der Waals surface area contributed by atoms with E-state index in [0.717, 1.165) is 32.3 Å². The fourth-order valence-corrected chi connectivity index (χ4v) is 2.16. The lowest BCUT2D eigenvalue weighted by Crippen LogP contribution is -2.54. The summed E-state index contributed by atoms with van der Waals surface area (Å²) in [6.45, 7) is 13.2. The smallest absolute Gasteiger partial charge is 0.0845 e. The van der Waals surface area contributed by atoms with Crippen molar-refractivity contribution in [1.82, 2.24) is 5.43 Å². The lowest BCUT2D eigenvalue weighted by Gasteiger charge is -2.39. The maximum Gasteiger partial charge on any atom is 0.0845 e. The van der Waals surface area contributed by atoms with E-state index < -0.39 is 0 Å². The summed E-state index contributed by atoms with van der Waals surface area (Å²) in [6, 6.07) is 0.148. The average molecular weight is 228 g/mol. The van der Waals surface area contributed by atoms with Gasteiger partial charge in [-0.3, -0.25) is 11.3 Å². The molecule has 0 heterocycles. The molecule has 1 unspecified atom stereocenters. The second kappa shape index (κ2) is 7.82. The van der Waals surface area contributed by atoms with Crippen LogP contribution in [-0.2, 0) is 4.74 Å². The van der Waals surface area contributed by atoms with Gasteiger partial charge in [-0.15, -0.1) is 0 Å². The van der Waals surface area contributed by atoms with Crippen molar-refractivity contribution in [3.05, 3.63) is 12.2 Å². The van der Waals surface area contributed by atoms with Gasteiger partial charge in [0.25, 0.3) is 0 Å². The van der Waals surface area contributed by atoms with Crippen LogP contribution >= 0.6 is 0 Å². The number of rotatable bonds is 9. The Morgan fingerprint density at radius 1 is 1.31 bits per heavy atom. The van der Waals surface area contributed by atoms with Gasteiger partial charge in [-0.05, 0) is 32.6 Å². The number of ether oxygens (including phenoxy) is 1. The lowest BCUT2D eigenvalue weighted by atomic mass is 9.84. The summed E-state index contributed by atoms with van der Waals surface area (Å²) < 4.78 is 5.94. The first-order valence-electron chi connectivity index (χ1n) is 6.36. The van der Waals surface area contributed by atoms with Gasteiger partial charge in [0.2, 0.25) is 0 Å². The summed E-state index contributed by atoms with van der Waals surface area (Å²) in [5.74, 6) is 5.67. The molecule has 0 saturated carbocycles. The minimum absolute atomic E-state index is 0.148. The Hall–Kier alpha value is -0.380. The second-order valence-electron chi connectivity index (χ2n) is 4.23. The maximum atomic E-state index is 5.94. The van der Waals surface area contributed by atoms with E-state index in [0.29, 0.717) is 0 Å². The molecular formula is C13H28N2O. The zero-order valence-corrected chi connectivity index (χ0v) is 11.3. The number of nitrogens with one attached hydrogen (secondary N) is 1. The van der Waals surface area contributed by atoms with Crippen molar-refractivity contribution in [2.75, 3.05) is 6.61 Å². The molecule has 3 N–H and O–H groups in total. The van der Waals surface area contributed by atoms with Crippen molar-refractivity contribution in [2.45, 2.75) is 65.0 Å². The van der Waals surface area contributed by atoms with Crippen LogP contribution in [0.2, 0.25) is 0 Å². The molecule has 0 aromatic heterocycles. The molecule has 3 nitrogen and oxygen atoms in total. The highest BCUT2D eigenvalue weighted by atomic mass is 16.5. The van der Waals surface area contributed by atoms with Gasteiger partial charge in [0.1, 0.15) is 0 Å². The molecule has 0 aliphatic rings. The average Bonchev–Trinajstić information content (AvgIpc) is 2.33. The highest BCUT2D eigenvalue weighted by Crippen LogP contribution is 2.28. The molecule has 0 bridgehead atoms. The highest BCUT2D eigenvalue weighted by molar-refractivity contribution is 5.02. The van der Waals surface area contributed by atoms with Crippen LogP contribution in [0, 0.1) is 0 Å². The second-order valence-corrected chi connectivity index (χ2v) is 4.23. The Morgan fingerprint density at radius 2 is 1.88 bits per heavy atom. The molecule has 16 heavy (non-hydrogen) atoms. The third-order valence-electron chi connectivity index (χ3n) is 3.46. The van der Waals surface area contributed by atoms with Crippen molar-refractivity contribution in [1.29, 1.82) is 0 Å². The zero-order valence-electron chi connectivity index (χ0n) is 11.3. The van der Waals surface area contributed by atoms with Gasteiger partial charge in [0.05, 0.1) is 11.6 Å². The first kappa shape index (κ1) is 15.6. The Morgan fingerprint density at radius 3 is 2.19 bits per heavy atom. The van der Waals surface area contributed by atoms with Gasteiger partial charge < -0.3 is 4.74 Å². The molecule has 0 aliphatic heterocycles. The molecule has 0 aromatic carbocycles. The summed E-state index contributed by atoms with van der Waals surface area (Å²) in [7, 11) is 0. The Kier molecular flexibility index (Phi) is 7.64. The molecule has 0 fully saturated rings. The van der Waals surface area contributed by atoms with Crippen molar-refractivity contribution in [3.63, 3.8) is 0 Å². The van der Waals surface area contributed by atoms with Crippen LogP contribution in [0.15, 0.2) is 12.2 Å². The first-order chi connectivity index (χ1) is 7.60. The SMILES string of the molecule is C=C(CC)CC(NN)C(CC)(CC)OCC. The number of nitrogens with two attached hydrogens (primary N) is 1. The fraction of sp³-hybridized carbons (Fsp3) is 0.846. The fourth-order valence-electron chi connectivity index (χ4n) is 2.16. The summed E-state index contributed by atoms with van der Waals surface area (Å²) in [6.07, 6.45) is 3.80. The number of hydrogen-bond donors (Lipinski definition) is 2. The molecule has 0 saturated heterocycles. The highest BCUT2D eigenvalue weighted by Gasteiger charge is 2.35. The Labute approximate surface area is 100 Å². The van der Waals surface area contributed by atoms with Crippen LogP contribution < -0.4 is 11.3 Å². The molecule has 0 spiro atoms. The van der Waals surface area contributed by atoms with Crippen LogP contribution in [0.25, 0.3) is 0 Å². The monoisotopic (exact) mass is 228 g/mol. The van der Waals surface area contributed by atoms with Crippen molar-refractivity contribution >= 4 is 0 Å². The summed E-state index contributed by atoms with van der Waals surface area (Å²) in [5.41, 5.74) is 3.96. The standard InChI is InChI=1S/C13H28N2O/c1-6-11(5)10-12(15-14)13(7-2,8-3)16-9-4/h12,15H,5-10,14H2,1-4H3. The van der Waals surface area contributed by atoms with E-state index in [1.165, 1.54) is 5.57 Å². The number of hydrazine groups is 1. The van der Waals surface area contributed by atoms with Crippen molar-refractivity contribution < 1.29 is 4.74 Å². The van der Waals surface area contributed by atoms with Gasteiger partial charge in [-0.25, -0.2) is 0 Å². The summed E-state index contributed by atoms with van der Waals surface area (Å²) in [5, 5.41) is 0. The Balaban J connectivity index is 4.75. The van der Waals surface area contributed by atoms with Crippen LogP contribution in [0.1, 0.15) is 53.4 Å². The van der Waals surface area contributed by atoms with Gasteiger partial charge in [-0.1, -0.05) is 32.9 Å². The van der Waals surface area contributed by atoms with Gasteiger partial charge in [-0.2, -0.15) is 0 Å².